The lowest BCUT2D eigenvalue weighted by molar-refractivity contribution is -0.134. The molecule has 1 amide bonds. The summed E-state index contributed by atoms with van der Waals surface area (Å²) in [6.07, 6.45) is 2.25. The molecule has 1 aliphatic rings. The summed E-state index contributed by atoms with van der Waals surface area (Å²) >= 11 is 0. The van der Waals surface area contributed by atoms with Crippen LogP contribution in [0.1, 0.15) is 49.3 Å². The summed E-state index contributed by atoms with van der Waals surface area (Å²) in [6.45, 7) is 5.28. The van der Waals surface area contributed by atoms with Crippen molar-refractivity contribution >= 4 is 5.91 Å². The first-order chi connectivity index (χ1) is 15.1. The first-order valence-corrected chi connectivity index (χ1v) is 11.1. The second-order valence-electron chi connectivity index (χ2n) is 8.25. The molecule has 1 saturated heterocycles. The fourth-order valence-corrected chi connectivity index (χ4v) is 4.49. The number of aromatic nitrogens is 2. The molecule has 1 aromatic heterocycles. The van der Waals surface area contributed by atoms with E-state index in [1.807, 2.05) is 72.5 Å². The SMILES string of the molecule is CCC(C(=O)N1CCC(n2nc(-c3ccccc3)c(C)cc2=O)CC1)c1ccccc1. The smallest absolute Gasteiger partial charge is 0.267 e. The number of benzene rings is 2. The number of hydrogen-bond donors (Lipinski definition) is 0. The molecule has 1 atom stereocenters. The third-order valence-corrected chi connectivity index (χ3v) is 6.22. The quantitative estimate of drug-likeness (QED) is 0.613. The van der Waals surface area contributed by atoms with Crippen LogP contribution in [0.15, 0.2) is 71.5 Å². The highest BCUT2D eigenvalue weighted by molar-refractivity contribution is 5.83. The molecule has 1 fully saturated rings. The Bertz CT molecular complexity index is 1080. The van der Waals surface area contributed by atoms with Gasteiger partial charge in [-0.3, -0.25) is 9.59 Å². The Morgan fingerprint density at radius 2 is 1.65 bits per heavy atom. The number of piperidine rings is 1. The molecule has 1 unspecified atom stereocenters. The van der Waals surface area contributed by atoms with E-state index in [0.717, 1.165) is 41.6 Å². The maximum atomic E-state index is 13.2. The minimum Gasteiger partial charge on any atom is -0.342 e. The largest absolute Gasteiger partial charge is 0.342 e. The van der Waals surface area contributed by atoms with Crippen molar-refractivity contribution in [2.24, 2.45) is 0 Å². The van der Waals surface area contributed by atoms with Crippen LogP contribution in [-0.4, -0.2) is 33.7 Å². The van der Waals surface area contributed by atoms with E-state index in [0.29, 0.717) is 13.1 Å². The predicted molar refractivity (Wildman–Crippen MR) is 123 cm³/mol. The lowest BCUT2D eigenvalue weighted by Gasteiger charge is -2.34. The highest BCUT2D eigenvalue weighted by atomic mass is 16.2. The van der Waals surface area contributed by atoms with Crippen LogP contribution in [0.5, 0.6) is 0 Å². The van der Waals surface area contributed by atoms with Gasteiger partial charge in [-0.25, -0.2) is 4.68 Å². The van der Waals surface area contributed by atoms with Crippen molar-refractivity contribution in [2.45, 2.75) is 45.1 Å². The highest BCUT2D eigenvalue weighted by Gasteiger charge is 2.29. The Labute approximate surface area is 183 Å². The van der Waals surface area contributed by atoms with Gasteiger partial charge in [0.1, 0.15) is 0 Å². The van der Waals surface area contributed by atoms with Crippen LogP contribution in [0.25, 0.3) is 11.3 Å². The van der Waals surface area contributed by atoms with Crippen molar-refractivity contribution in [1.29, 1.82) is 0 Å². The molecule has 0 bridgehead atoms. The molecule has 2 aromatic carbocycles. The normalized spacial score (nSPS) is 15.6. The van der Waals surface area contributed by atoms with Gasteiger partial charge < -0.3 is 4.90 Å². The van der Waals surface area contributed by atoms with Crippen LogP contribution in [0.3, 0.4) is 0 Å². The third kappa shape index (κ3) is 4.46. The molecule has 5 heteroatoms. The number of amides is 1. The lowest BCUT2D eigenvalue weighted by Crippen LogP contribution is -2.43. The highest BCUT2D eigenvalue weighted by Crippen LogP contribution is 2.27. The molecule has 1 aliphatic heterocycles. The van der Waals surface area contributed by atoms with Gasteiger partial charge in [0.15, 0.2) is 0 Å². The average molecular weight is 416 g/mol. The van der Waals surface area contributed by atoms with Crippen molar-refractivity contribution in [3.63, 3.8) is 0 Å². The second-order valence-corrected chi connectivity index (χ2v) is 8.25. The molecule has 5 nitrogen and oxygen atoms in total. The topological polar surface area (TPSA) is 55.2 Å². The number of aryl methyl sites for hydroxylation is 1. The van der Waals surface area contributed by atoms with Crippen molar-refractivity contribution in [3.8, 4) is 11.3 Å². The Balaban J connectivity index is 1.50. The van der Waals surface area contributed by atoms with Crippen molar-refractivity contribution in [3.05, 3.63) is 88.2 Å². The molecule has 160 valence electrons. The Kier molecular flexibility index (Phi) is 6.31. The van der Waals surface area contributed by atoms with E-state index < -0.39 is 0 Å². The summed E-state index contributed by atoms with van der Waals surface area (Å²) in [5.74, 6) is 0.0731. The molecular weight excluding hydrogens is 386 g/mol. The number of carbonyl (C=O) groups excluding carboxylic acids is 1. The van der Waals surface area contributed by atoms with Crippen molar-refractivity contribution in [2.75, 3.05) is 13.1 Å². The molecule has 3 aromatic rings. The fraction of sp³-hybridized carbons (Fsp3) is 0.346. The summed E-state index contributed by atoms with van der Waals surface area (Å²) in [4.78, 5) is 27.8. The number of hydrogen-bond acceptors (Lipinski definition) is 3. The average Bonchev–Trinajstić information content (AvgIpc) is 2.81. The van der Waals surface area contributed by atoms with Gasteiger partial charge in [-0.15, -0.1) is 0 Å². The number of rotatable bonds is 5. The maximum absolute atomic E-state index is 13.2. The van der Waals surface area contributed by atoms with Crippen LogP contribution in [0.2, 0.25) is 0 Å². The van der Waals surface area contributed by atoms with Crippen LogP contribution in [0, 0.1) is 6.92 Å². The zero-order valence-electron chi connectivity index (χ0n) is 18.2. The molecule has 2 heterocycles. The fourth-order valence-electron chi connectivity index (χ4n) is 4.49. The number of likely N-dealkylation sites (tertiary alicyclic amines) is 1. The molecule has 0 spiro atoms. The van der Waals surface area contributed by atoms with E-state index in [2.05, 4.69) is 6.92 Å². The van der Waals surface area contributed by atoms with Gasteiger partial charge in [0.2, 0.25) is 5.91 Å². The standard InChI is InChI=1S/C26H29N3O2/c1-3-23(20-10-6-4-7-11-20)26(31)28-16-14-22(15-17-28)29-24(30)18-19(2)25(27-29)21-12-8-5-9-13-21/h4-13,18,22-23H,3,14-17H2,1-2H3. The summed E-state index contributed by atoms with van der Waals surface area (Å²) in [6, 6.07) is 21.6. The Morgan fingerprint density at radius 3 is 2.26 bits per heavy atom. The van der Waals surface area contributed by atoms with Gasteiger partial charge in [-0.1, -0.05) is 67.6 Å². The number of carbonyl (C=O) groups is 1. The molecule has 0 saturated carbocycles. The third-order valence-electron chi connectivity index (χ3n) is 6.22. The first-order valence-electron chi connectivity index (χ1n) is 11.1. The second kappa shape index (κ2) is 9.29. The Morgan fingerprint density at radius 1 is 1.03 bits per heavy atom. The minimum atomic E-state index is -0.109. The zero-order chi connectivity index (χ0) is 21.8. The Hall–Kier alpha value is -3.21. The van der Waals surface area contributed by atoms with Crippen LogP contribution < -0.4 is 5.56 Å². The first kappa shape index (κ1) is 21.0. The van der Waals surface area contributed by atoms with Gasteiger partial charge in [-0.05, 0) is 37.3 Å². The summed E-state index contributed by atoms with van der Waals surface area (Å²) in [5.41, 5.74) is 3.73. The van der Waals surface area contributed by atoms with Crippen molar-refractivity contribution < 1.29 is 4.79 Å². The maximum Gasteiger partial charge on any atom is 0.267 e. The summed E-state index contributed by atoms with van der Waals surface area (Å²) in [7, 11) is 0. The van der Waals surface area contributed by atoms with Gasteiger partial charge in [0.05, 0.1) is 17.7 Å². The van der Waals surface area contributed by atoms with Crippen LogP contribution in [0.4, 0.5) is 0 Å². The monoisotopic (exact) mass is 415 g/mol. The number of nitrogens with zero attached hydrogens (tertiary/aromatic N) is 3. The van der Waals surface area contributed by atoms with E-state index in [1.165, 1.54) is 0 Å². The van der Waals surface area contributed by atoms with E-state index in [-0.39, 0.29) is 23.4 Å². The lowest BCUT2D eigenvalue weighted by atomic mass is 9.93. The van der Waals surface area contributed by atoms with Gasteiger partial charge in [0, 0.05) is 24.7 Å². The summed E-state index contributed by atoms with van der Waals surface area (Å²) < 4.78 is 1.63. The van der Waals surface area contributed by atoms with Crippen LogP contribution in [-0.2, 0) is 4.79 Å². The van der Waals surface area contributed by atoms with Crippen LogP contribution >= 0.6 is 0 Å². The van der Waals surface area contributed by atoms with E-state index >= 15 is 0 Å². The van der Waals surface area contributed by atoms with Gasteiger partial charge in [0.25, 0.3) is 5.56 Å². The van der Waals surface area contributed by atoms with E-state index in [1.54, 1.807) is 10.7 Å². The van der Waals surface area contributed by atoms with E-state index in [9.17, 15) is 9.59 Å². The molecule has 0 N–H and O–H groups in total. The molecular formula is C26H29N3O2. The van der Waals surface area contributed by atoms with Gasteiger partial charge in [-0.2, -0.15) is 5.10 Å². The minimum absolute atomic E-state index is 0.0106. The molecule has 0 radical (unpaired) electrons. The summed E-state index contributed by atoms with van der Waals surface area (Å²) in [5, 5.41) is 4.74. The van der Waals surface area contributed by atoms with Crippen molar-refractivity contribution in [1.82, 2.24) is 14.7 Å². The molecule has 31 heavy (non-hydrogen) atoms. The molecule has 4 rings (SSSR count). The predicted octanol–water partition coefficient (Wildman–Crippen LogP) is 4.58. The van der Waals surface area contributed by atoms with Gasteiger partial charge >= 0.3 is 0 Å². The molecule has 0 aliphatic carbocycles. The van der Waals surface area contributed by atoms with E-state index in [4.69, 9.17) is 5.10 Å². The zero-order valence-corrected chi connectivity index (χ0v) is 18.2.